The number of hydrogen-bond donors (Lipinski definition) is 3. The average molecular weight is 240 g/mol. The molecular formula is C11H16N2O4. The largest absolute Gasteiger partial charge is 0.479 e. The summed E-state index contributed by atoms with van der Waals surface area (Å²) < 4.78 is 5.22. The highest BCUT2D eigenvalue weighted by molar-refractivity contribution is 5.74. The minimum Gasteiger partial charge on any atom is -0.479 e. The normalized spacial score (nSPS) is 22.8. The van der Waals surface area contributed by atoms with Crippen LogP contribution in [0.2, 0.25) is 0 Å². The van der Waals surface area contributed by atoms with Crippen molar-refractivity contribution >= 4 is 12.0 Å². The van der Waals surface area contributed by atoms with Crippen LogP contribution in [0, 0.1) is 12.3 Å². The van der Waals surface area contributed by atoms with Crippen LogP contribution in [-0.2, 0) is 9.53 Å². The van der Waals surface area contributed by atoms with Gasteiger partial charge in [-0.1, -0.05) is 0 Å². The fraction of sp³-hybridized carbons (Fsp3) is 0.636. The fourth-order valence-electron chi connectivity index (χ4n) is 1.55. The second-order valence-corrected chi connectivity index (χ2v) is 3.75. The summed E-state index contributed by atoms with van der Waals surface area (Å²) in [5.41, 5.74) is 0. The predicted octanol–water partition coefficient (Wildman–Crippen LogP) is -0.0589. The molecule has 1 fully saturated rings. The van der Waals surface area contributed by atoms with E-state index in [-0.39, 0.29) is 12.1 Å². The number of carboxylic acid groups (broad SMARTS) is 1. The first-order chi connectivity index (χ1) is 8.13. The number of aliphatic carboxylic acids is 1. The van der Waals surface area contributed by atoms with Crippen molar-refractivity contribution in [2.24, 2.45) is 0 Å². The molecule has 0 radical (unpaired) electrons. The minimum atomic E-state index is -0.953. The molecule has 1 heterocycles. The van der Waals surface area contributed by atoms with Crippen LogP contribution in [-0.4, -0.2) is 42.4 Å². The molecule has 2 atom stereocenters. The van der Waals surface area contributed by atoms with Gasteiger partial charge >= 0.3 is 12.0 Å². The molecule has 1 aliphatic rings. The number of carbonyl (C=O) groups excluding carboxylic acids is 1. The van der Waals surface area contributed by atoms with Crippen LogP contribution in [0.3, 0.4) is 0 Å². The molecule has 0 aromatic rings. The van der Waals surface area contributed by atoms with Crippen LogP contribution in [0.15, 0.2) is 0 Å². The van der Waals surface area contributed by atoms with Crippen molar-refractivity contribution in [3.8, 4) is 12.3 Å². The highest BCUT2D eigenvalue weighted by Crippen LogP contribution is 2.18. The molecule has 0 aromatic carbocycles. The van der Waals surface area contributed by atoms with E-state index < -0.39 is 12.1 Å². The van der Waals surface area contributed by atoms with Gasteiger partial charge in [0.05, 0.1) is 6.10 Å². The van der Waals surface area contributed by atoms with Gasteiger partial charge in [-0.15, -0.1) is 12.3 Å². The molecule has 2 amide bonds. The van der Waals surface area contributed by atoms with Crippen LogP contribution in [0.5, 0.6) is 0 Å². The summed E-state index contributed by atoms with van der Waals surface area (Å²) in [5, 5.41) is 13.9. The van der Waals surface area contributed by atoms with E-state index in [1.54, 1.807) is 0 Å². The Morgan fingerprint density at radius 1 is 1.41 bits per heavy atom. The molecule has 0 spiro atoms. The zero-order chi connectivity index (χ0) is 12.7. The van der Waals surface area contributed by atoms with Crippen LogP contribution in [0.25, 0.3) is 0 Å². The molecule has 1 saturated heterocycles. The molecule has 6 heteroatoms. The number of carboxylic acids is 1. The Labute approximate surface area is 99.7 Å². The second-order valence-electron chi connectivity index (χ2n) is 3.75. The summed E-state index contributed by atoms with van der Waals surface area (Å²) in [7, 11) is 0. The summed E-state index contributed by atoms with van der Waals surface area (Å²) in [4.78, 5) is 21.8. The standard InChI is InChI=1S/C11H16N2O4/c1-2-3-6-12-11(16)13-7-8-4-5-9(17-8)10(14)15/h1,8-9H,3-7H2,(H,14,15)(H2,12,13,16). The van der Waals surface area contributed by atoms with E-state index >= 15 is 0 Å². The van der Waals surface area contributed by atoms with E-state index in [2.05, 4.69) is 16.6 Å². The Balaban J connectivity index is 2.13. The van der Waals surface area contributed by atoms with Gasteiger partial charge in [0.2, 0.25) is 0 Å². The van der Waals surface area contributed by atoms with Gasteiger partial charge in [0.25, 0.3) is 0 Å². The van der Waals surface area contributed by atoms with Gasteiger partial charge < -0.3 is 20.5 Å². The Hall–Kier alpha value is -1.74. The zero-order valence-corrected chi connectivity index (χ0v) is 9.44. The Kier molecular flexibility index (Phi) is 5.30. The number of urea groups is 1. The topological polar surface area (TPSA) is 87.7 Å². The number of rotatable bonds is 5. The van der Waals surface area contributed by atoms with Gasteiger partial charge in [0.15, 0.2) is 6.10 Å². The van der Waals surface area contributed by atoms with Crippen molar-refractivity contribution in [1.82, 2.24) is 10.6 Å². The average Bonchev–Trinajstić information content (AvgIpc) is 2.75. The van der Waals surface area contributed by atoms with E-state index in [4.69, 9.17) is 16.3 Å². The van der Waals surface area contributed by atoms with Crippen LogP contribution >= 0.6 is 0 Å². The number of hydrogen-bond acceptors (Lipinski definition) is 3. The van der Waals surface area contributed by atoms with Gasteiger partial charge in [-0.2, -0.15) is 0 Å². The molecule has 3 N–H and O–H groups in total. The van der Waals surface area contributed by atoms with Gasteiger partial charge in [0.1, 0.15) is 0 Å². The Bertz CT molecular complexity index is 324. The highest BCUT2D eigenvalue weighted by Gasteiger charge is 2.30. The smallest absolute Gasteiger partial charge is 0.332 e. The summed E-state index contributed by atoms with van der Waals surface area (Å²) in [6.45, 7) is 0.733. The molecule has 2 unspecified atom stereocenters. The SMILES string of the molecule is C#CCCNC(=O)NCC1CCC(C(=O)O)O1. The zero-order valence-electron chi connectivity index (χ0n) is 9.44. The summed E-state index contributed by atoms with van der Waals surface area (Å²) >= 11 is 0. The first-order valence-electron chi connectivity index (χ1n) is 5.47. The van der Waals surface area contributed by atoms with E-state index in [1.165, 1.54) is 0 Å². The van der Waals surface area contributed by atoms with Crippen molar-refractivity contribution < 1.29 is 19.4 Å². The molecular weight excluding hydrogens is 224 g/mol. The summed E-state index contributed by atoms with van der Waals surface area (Å²) in [5.74, 6) is 1.45. The van der Waals surface area contributed by atoms with E-state index in [0.717, 1.165) is 0 Å². The minimum absolute atomic E-state index is 0.227. The third-order valence-electron chi connectivity index (χ3n) is 2.43. The number of terminal acetylenes is 1. The molecule has 0 saturated carbocycles. The van der Waals surface area contributed by atoms with Gasteiger partial charge in [-0.3, -0.25) is 0 Å². The summed E-state index contributed by atoms with van der Waals surface area (Å²) in [6.07, 6.45) is 5.67. The van der Waals surface area contributed by atoms with Crippen molar-refractivity contribution in [2.75, 3.05) is 13.1 Å². The van der Waals surface area contributed by atoms with E-state index in [0.29, 0.717) is 32.4 Å². The quantitative estimate of drug-likeness (QED) is 0.464. The summed E-state index contributed by atoms with van der Waals surface area (Å²) in [6, 6.07) is -0.317. The predicted molar refractivity (Wildman–Crippen MR) is 60.4 cm³/mol. The van der Waals surface area contributed by atoms with Crippen molar-refractivity contribution in [1.29, 1.82) is 0 Å². The maximum Gasteiger partial charge on any atom is 0.332 e. The van der Waals surface area contributed by atoms with Gasteiger partial charge in [0, 0.05) is 19.5 Å². The van der Waals surface area contributed by atoms with Gasteiger partial charge in [-0.25, -0.2) is 9.59 Å². The molecule has 1 aliphatic heterocycles. The fourth-order valence-corrected chi connectivity index (χ4v) is 1.55. The number of amides is 2. The molecule has 17 heavy (non-hydrogen) atoms. The molecule has 94 valence electrons. The van der Waals surface area contributed by atoms with Crippen LogP contribution < -0.4 is 10.6 Å². The lowest BCUT2D eigenvalue weighted by atomic mass is 10.2. The molecule has 0 aliphatic carbocycles. The third-order valence-corrected chi connectivity index (χ3v) is 2.43. The number of nitrogens with one attached hydrogen (secondary N) is 2. The lowest BCUT2D eigenvalue weighted by Crippen LogP contribution is -2.40. The van der Waals surface area contributed by atoms with E-state index in [1.807, 2.05) is 0 Å². The van der Waals surface area contributed by atoms with Crippen molar-refractivity contribution in [3.05, 3.63) is 0 Å². The van der Waals surface area contributed by atoms with Crippen LogP contribution in [0.4, 0.5) is 4.79 Å². The highest BCUT2D eigenvalue weighted by atomic mass is 16.5. The third kappa shape index (κ3) is 4.74. The lowest BCUT2D eigenvalue weighted by molar-refractivity contribution is -0.149. The monoisotopic (exact) mass is 240 g/mol. The molecule has 0 bridgehead atoms. The second kappa shape index (κ2) is 6.76. The van der Waals surface area contributed by atoms with Crippen LogP contribution in [0.1, 0.15) is 19.3 Å². The van der Waals surface area contributed by atoms with E-state index in [9.17, 15) is 9.59 Å². The van der Waals surface area contributed by atoms with Gasteiger partial charge in [-0.05, 0) is 12.8 Å². The Morgan fingerprint density at radius 3 is 2.76 bits per heavy atom. The lowest BCUT2D eigenvalue weighted by Gasteiger charge is -2.12. The first-order valence-corrected chi connectivity index (χ1v) is 5.47. The Morgan fingerprint density at radius 2 is 2.18 bits per heavy atom. The number of carbonyl (C=O) groups is 2. The maximum absolute atomic E-state index is 11.2. The van der Waals surface area contributed by atoms with Crippen molar-refractivity contribution in [3.63, 3.8) is 0 Å². The molecule has 6 nitrogen and oxygen atoms in total. The molecule has 0 aromatic heterocycles. The first kappa shape index (κ1) is 13.3. The molecule has 1 rings (SSSR count). The number of ether oxygens (including phenoxy) is 1. The van der Waals surface area contributed by atoms with Crippen molar-refractivity contribution in [2.45, 2.75) is 31.5 Å². The maximum atomic E-state index is 11.2.